The van der Waals surface area contributed by atoms with Gasteiger partial charge in [-0.25, -0.2) is 0 Å². The van der Waals surface area contributed by atoms with Crippen molar-refractivity contribution in [1.29, 1.82) is 0 Å². The zero-order valence-corrected chi connectivity index (χ0v) is 11.2. The van der Waals surface area contributed by atoms with Crippen LogP contribution in [0.15, 0.2) is 41.5 Å². The van der Waals surface area contributed by atoms with Gasteiger partial charge in [0.25, 0.3) is 0 Å². The van der Waals surface area contributed by atoms with Gasteiger partial charge in [-0.15, -0.1) is 0 Å². The number of hydrogen-bond donors (Lipinski definition) is 2. The number of para-hydroxylation sites is 1. The molecule has 0 spiro atoms. The molecule has 0 aromatic heterocycles. The first kappa shape index (κ1) is 13.6. The molecule has 1 aliphatic rings. The molecule has 2 rings (SSSR count). The summed E-state index contributed by atoms with van der Waals surface area (Å²) in [6, 6.07) is 9.70. The molecule has 1 fully saturated rings. The second kappa shape index (κ2) is 6.95. The van der Waals surface area contributed by atoms with Crippen LogP contribution in [0.1, 0.15) is 13.3 Å². The number of amides is 1. The molecular formula is C15H20N2O2. The summed E-state index contributed by atoms with van der Waals surface area (Å²) in [5.74, 6) is 0.906. The molecule has 2 N–H and O–H groups in total. The summed E-state index contributed by atoms with van der Waals surface area (Å²) in [5.41, 5.74) is 2.06. The van der Waals surface area contributed by atoms with E-state index in [9.17, 15) is 4.79 Å². The second-order valence-electron chi connectivity index (χ2n) is 4.60. The van der Waals surface area contributed by atoms with Gasteiger partial charge in [0.05, 0.1) is 6.61 Å². The van der Waals surface area contributed by atoms with Crippen LogP contribution in [0.2, 0.25) is 0 Å². The highest BCUT2D eigenvalue weighted by atomic mass is 16.5. The van der Waals surface area contributed by atoms with Crippen molar-refractivity contribution < 1.29 is 9.53 Å². The van der Waals surface area contributed by atoms with Crippen molar-refractivity contribution in [3.8, 4) is 5.75 Å². The Balaban J connectivity index is 1.60. The summed E-state index contributed by atoms with van der Waals surface area (Å²) < 4.78 is 5.55. The van der Waals surface area contributed by atoms with Gasteiger partial charge < -0.3 is 15.4 Å². The molecule has 1 heterocycles. The normalized spacial score (nSPS) is 13.6. The van der Waals surface area contributed by atoms with Gasteiger partial charge in [-0.05, 0) is 31.1 Å². The van der Waals surface area contributed by atoms with Gasteiger partial charge in [-0.3, -0.25) is 4.79 Å². The van der Waals surface area contributed by atoms with Gasteiger partial charge in [0.2, 0.25) is 5.91 Å². The van der Waals surface area contributed by atoms with Gasteiger partial charge in [0, 0.05) is 25.2 Å². The van der Waals surface area contributed by atoms with Gasteiger partial charge in [-0.1, -0.05) is 18.2 Å². The topological polar surface area (TPSA) is 50.4 Å². The van der Waals surface area contributed by atoms with E-state index in [1.54, 1.807) is 0 Å². The lowest BCUT2D eigenvalue weighted by Crippen LogP contribution is -2.37. The third-order valence-electron chi connectivity index (χ3n) is 3.17. The summed E-state index contributed by atoms with van der Waals surface area (Å²) in [6.07, 6.45) is 0.807. The molecule has 1 aromatic carbocycles. The van der Waals surface area contributed by atoms with Crippen molar-refractivity contribution in [3.05, 3.63) is 41.5 Å². The summed E-state index contributed by atoms with van der Waals surface area (Å²) in [4.78, 5) is 11.8. The van der Waals surface area contributed by atoms with Crippen molar-refractivity contribution in [1.82, 2.24) is 10.6 Å². The molecule has 1 saturated heterocycles. The first-order chi connectivity index (χ1) is 9.27. The third-order valence-corrected chi connectivity index (χ3v) is 3.17. The van der Waals surface area contributed by atoms with Crippen molar-refractivity contribution in [2.75, 3.05) is 26.2 Å². The maximum Gasteiger partial charge on any atom is 0.246 e. The van der Waals surface area contributed by atoms with Crippen LogP contribution in [0.4, 0.5) is 0 Å². The third kappa shape index (κ3) is 4.10. The SMILES string of the molecule is CC(C(=O)NCCCOc1ccccc1)=C1CNC1. The van der Waals surface area contributed by atoms with Crippen LogP contribution < -0.4 is 15.4 Å². The Labute approximate surface area is 113 Å². The Morgan fingerprint density at radius 2 is 2.05 bits per heavy atom. The van der Waals surface area contributed by atoms with E-state index < -0.39 is 0 Å². The molecule has 0 bridgehead atoms. The molecule has 0 saturated carbocycles. The molecule has 1 aliphatic heterocycles. The molecule has 0 aliphatic carbocycles. The number of nitrogens with one attached hydrogen (secondary N) is 2. The van der Waals surface area contributed by atoms with Gasteiger partial charge in [-0.2, -0.15) is 0 Å². The van der Waals surface area contributed by atoms with Crippen LogP contribution >= 0.6 is 0 Å². The molecule has 0 radical (unpaired) electrons. The van der Waals surface area contributed by atoms with Crippen molar-refractivity contribution in [3.63, 3.8) is 0 Å². The fraction of sp³-hybridized carbons (Fsp3) is 0.400. The maximum atomic E-state index is 11.8. The standard InChI is InChI=1S/C15H20N2O2/c1-12(13-10-16-11-13)15(18)17-8-5-9-19-14-6-3-2-4-7-14/h2-4,6-7,16H,5,8-11H2,1H3,(H,17,18). The summed E-state index contributed by atoms with van der Waals surface area (Å²) in [7, 11) is 0. The molecule has 4 heteroatoms. The Morgan fingerprint density at radius 3 is 2.68 bits per heavy atom. The van der Waals surface area contributed by atoms with Crippen LogP contribution in [0, 0.1) is 0 Å². The van der Waals surface area contributed by atoms with E-state index >= 15 is 0 Å². The number of carbonyl (C=O) groups excluding carboxylic acids is 1. The smallest absolute Gasteiger partial charge is 0.246 e. The zero-order valence-electron chi connectivity index (χ0n) is 11.2. The quantitative estimate of drug-likeness (QED) is 0.602. The lowest BCUT2D eigenvalue weighted by Gasteiger charge is -2.21. The fourth-order valence-electron chi connectivity index (χ4n) is 1.79. The Hall–Kier alpha value is -1.81. The minimum Gasteiger partial charge on any atom is -0.494 e. The minimum atomic E-state index is 0.0382. The summed E-state index contributed by atoms with van der Waals surface area (Å²) in [6.45, 7) is 4.82. The first-order valence-electron chi connectivity index (χ1n) is 6.63. The minimum absolute atomic E-state index is 0.0382. The largest absolute Gasteiger partial charge is 0.494 e. The van der Waals surface area contributed by atoms with Gasteiger partial charge >= 0.3 is 0 Å². The van der Waals surface area contributed by atoms with Crippen LogP contribution in [-0.2, 0) is 4.79 Å². The summed E-state index contributed by atoms with van der Waals surface area (Å²) in [5, 5.41) is 6.05. The monoisotopic (exact) mass is 260 g/mol. The molecule has 4 nitrogen and oxygen atoms in total. The number of carbonyl (C=O) groups is 1. The molecular weight excluding hydrogens is 240 g/mol. The second-order valence-corrected chi connectivity index (χ2v) is 4.60. The van der Waals surface area contributed by atoms with Crippen LogP contribution in [0.3, 0.4) is 0 Å². The highest BCUT2D eigenvalue weighted by molar-refractivity contribution is 5.93. The highest BCUT2D eigenvalue weighted by Crippen LogP contribution is 2.09. The lowest BCUT2D eigenvalue weighted by atomic mass is 10.0. The van der Waals surface area contributed by atoms with Crippen molar-refractivity contribution in [2.45, 2.75) is 13.3 Å². The average molecular weight is 260 g/mol. The Bertz CT molecular complexity index is 448. The predicted molar refractivity (Wildman–Crippen MR) is 75.1 cm³/mol. The number of ether oxygens (including phenoxy) is 1. The van der Waals surface area contributed by atoms with E-state index in [-0.39, 0.29) is 5.91 Å². The zero-order chi connectivity index (χ0) is 13.5. The van der Waals surface area contributed by atoms with E-state index in [0.29, 0.717) is 13.2 Å². The van der Waals surface area contributed by atoms with E-state index in [2.05, 4.69) is 10.6 Å². The predicted octanol–water partition coefficient (Wildman–Crippen LogP) is 1.49. The van der Waals surface area contributed by atoms with Crippen LogP contribution in [0.25, 0.3) is 0 Å². The van der Waals surface area contributed by atoms with E-state index in [1.165, 1.54) is 5.57 Å². The van der Waals surface area contributed by atoms with E-state index in [0.717, 1.165) is 30.8 Å². The fourth-order valence-corrected chi connectivity index (χ4v) is 1.79. The molecule has 0 unspecified atom stereocenters. The van der Waals surface area contributed by atoms with E-state index in [4.69, 9.17) is 4.74 Å². The van der Waals surface area contributed by atoms with Gasteiger partial charge in [0.15, 0.2) is 0 Å². The number of hydrogen-bond acceptors (Lipinski definition) is 3. The molecule has 1 amide bonds. The molecule has 19 heavy (non-hydrogen) atoms. The average Bonchev–Trinajstić information content (AvgIpc) is 2.37. The van der Waals surface area contributed by atoms with Gasteiger partial charge in [0.1, 0.15) is 5.75 Å². The molecule has 0 atom stereocenters. The lowest BCUT2D eigenvalue weighted by molar-refractivity contribution is -0.117. The van der Waals surface area contributed by atoms with Crippen LogP contribution in [0.5, 0.6) is 5.75 Å². The van der Waals surface area contributed by atoms with E-state index in [1.807, 2.05) is 37.3 Å². The number of benzene rings is 1. The van der Waals surface area contributed by atoms with Crippen LogP contribution in [-0.4, -0.2) is 32.1 Å². The number of rotatable bonds is 6. The van der Waals surface area contributed by atoms with Crippen molar-refractivity contribution >= 4 is 5.91 Å². The summed E-state index contributed by atoms with van der Waals surface area (Å²) >= 11 is 0. The highest BCUT2D eigenvalue weighted by Gasteiger charge is 2.15. The Kier molecular flexibility index (Phi) is 4.98. The maximum absolute atomic E-state index is 11.8. The molecule has 1 aromatic rings. The first-order valence-corrected chi connectivity index (χ1v) is 6.63. The Morgan fingerprint density at radius 1 is 1.32 bits per heavy atom. The van der Waals surface area contributed by atoms with Crippen molar-refractivity contribution in [2.24, 2.45) is 0 Å². The molecule has 102 valence electrons.